The summed E-state index contributed by atoms with van der Waals surface area (Å²) in [5, 5.41) is 0.963. The lowest BCUT2D eigenvalue weighted by atomic mass is 10.4. The molecule has 4 nitrogen and oxygen atoms in total. The van der Waals surface area contributed by atoms with Crippen molar-refractivity contribution in [2.24, 2.45) is 16.8 Å². The van der Waals surface area contributed by atoms with Gasteiger partial charge in [0, 0.05) is 19.1 Å². The summed E-state index contributed by atoms with van der Waals surface area (Å²) in [5.74, 6) is 2.18. The largest absolute Gasteiger partial charge is 0.350 e. The van der Waals surface area contributed by atoms with E-state index in [0.717, 1.165) is 36.1 Å². The predicted molar refractivity (Wildman–Crippen MR) is 60.9 cm³/mol. The van der Waals surface area contributed by atoms with Gasteiger partial charge in [-0.2, -0.15) is 4.99 Å². The Morgan fingerprint density at radius 1 is 1.40 bits per heavy atom. The summed E-state index contributed by atoms with van der Waals surface area (Å²) in [6.45, 7) is 2.18. The van der Waals surface area contributed by atoms with Crippen LogP contribution in [0.15, 0.2) is 4.99 Å². The molecule has 0 bridgehead atoms. The quantitative estimate of drug-likeness (QED) is 0.634. The molecule has 0 aromatic rings. The zero-order valence-electron chi connectivity index (χ0n) is 9.01. The molecule has 3 rings (SSSR count). The number of hydrogen-bond acceptors (Lipinski definition) is 4. The summed E-state index contributed by atoms with van der Waals surface area (Å²) >= 11 is 1.59. The average Bonchev–Trinajstić information content (AvgIpc) is 2.60. The Morgan fingerprint density at radius 2 is 2.07 bits per heavy atom. The summed E-state index contributed by atoms with van der Waals surface area (Å²) in [7, 11) is 4.30. The van der Waals surface area contributed by atoms with Gasteiger partial charge < -0.3 is 9.80 Å². The summed E-state index contributed by atoms with van der Waals surface area (Å²) in [5.41, 5.74) is 0. The summed E-state index contributed by atoms with van der Waals surface area (Å²) in [6.07, 6.45) is 0. The van der Waals surface area contributed by atoms with Crippen molar-refractivity contribution in [3.8, 4) is 0 Å². The Kier molecular flexibility index (Phi) is 2.07. The standard InChI is InChI=1S/C10H15N3OS/c1-12(2)9-6-3-13(4-7(6)9)10-11-8(14)5-15-10/h6-7,9H,3-5H2,1-2H3. The molecule has 1 amide bonds. The van der Waals surface area contributed by atoms with Crippen molar-refractivity contribution in [1.29, 1.82) is 0 Å². The fourth-order valence-electron chi connectivity index (χ4n) is 2.88. The van der Waals surface area contributed by atoms with Gasteiger partial charge in [0.05, 0.1) is 5.75 Å². The number of amides is 1. The van der Waals surface area contributed by atoms with E-state index in [2.05, 4.69) is 28.9 Å². The molecule has 0 aromatic heterocycles. The summed E-state index contributed by atoms with van der Waals surface area (Å²) in [4.78, 5) is 19.7. The van der Waals surface area contributed by atoms with Gasteiger partial charge in [-0.25, -0.2) is 0 Å². The van der Waals surface area contributed by atoms with Crippen molar-refractivity contribution < 1.29 is 4.79 Å². The van der Waals surface area contributed by atoms with Crippen LogP contribution in [0.3, 0.4) is 0 Å². The molecule has 2 fully saturated rings. The predicted octanol–water partition coefficient (Wildman–Crippen LogP) is 0.108. The van der Waals surface area contributed by atoms with Gasteiger partial charge in [0.1, 0.15) is 0 Å². The highest BCUT2D eigenvalue weighted by Gasteiger charge is 2.57. The highest BCUT2D eigenvalue weighted by atomic mass is 32.2. The van der Waals surface area contributed by atoms with Gasteiger partial charge in [0.15, 0.2) is 5.17 Å². The normalized spacial score (nSPS) is 38.6. The third-order valence-electron chi connectivity index (χ3n) is 3.56. The second-order valence-electron chi connectivity index (χ2n) is 4.76. The number of fused-ring (bicyclic) bond motifs is 1. The van der Waals surface area contributed by atoms with Crippen molar-refractivity contribution in [3.63, 3.8) is 0 Å². The Morgan fingerprint density at radius 3 is 2.53 bits per heavy atom. The van der Waals surface area contributed by atoms with Crippen LogP contribution in [-0.4, -0.2) is 59.9 Å². The topological polar surface area (TPSA) is 35.9 Å². The molecule has 2 aliphatic heterocycles. The van der Waals surface area contributed by atoms with Crippen LogP contribution in [0, 0.1) is 11.8 Å². The molecule has 82 valence electrons. The van der Waals surface area contributed by atoms with E-state index < -0.39 is 0 Å². The molecule has 5 heteroatoms. The molecular formula is C10H15N3OS. The number of likely N-dealkylation sites (tertiary alicyclic amines) is 1. The van der Waals surface area contributed by atoms with Crippen LogP contribution >= 0.6 is 11.8 Å². The molecule has 0 N–H and O–H groups in total. The van der Waals surface area contributed by atoms with Gasteiger partial charge in [0.2, 0.25) is 0 Å². The van der Waals surface area contributed by atoms with Crippen LogP contribution in [0.1, 0.15) is 0 Å². The van der Waals surface area contributed by atoms with Gasteiger partial charge in [-0.05, 0) is 25.9 Å². The number of rotatable bonds is 1. The lowest BCUT2D eigenvalue weighted by Crippen LogP contribution is -2.33. The molecule has 0 aromatic carbocycles. The SMILES string of the molecule is CN(C)C1C2CN(C3=NC(=O)CS3)CC21. The Labute approximate surface area is 93.7 Å². The summed E-state index contributed by atoms with van der Waals surface area (Å²) < 4.78 is 0. The number of hydrogen-bond donors (Lipinski definition) is 0. The molecule has 2 atom stereocenters. The Balaban J connectivity index is 1.62. The highest BCUT2D eigenvalue weighted by molar-refractivity contribution is 8.14. The summed E-state index contributed by atoms with van der Waals surface area (Å²) in [6, 6.07) is 0.768. The third kappa shape index (κ3) is 1.49. The number of carbonyl (C=O) groups is 1. The van der Waals surface area contributed by atoms with E-state index in [1.165, 1.54) is 0 Å². The van der Waals surface area contributed by atoms with E-state index >= 15 is 0 Å². The molecule has 2 unspecified atom stereocenters. The van der Waals surface area contributed by atoms with Crippen molar-refractivity contribution >= 4 is 22.8 Å². The molecule has 15 heavy (non-hydrogen) atoms. The first-order valence-corrected chi connectivity index (χ1v) is 6.31. The lowest BCUT2D eigenvalue weighted by Gasteiger charge is -2.22. The maximum absolute atomic E-state index is 11.0. The Hall–Kier alpha value is -0.550. The molecule has 0 spiro atoms. The van der Waals surface area contributed by atoms with Crippen LogP contribution in [0.5, 0.6) is 0 Å². The number of amidine groups is 1. The first-order chi connectivity index (χ1) is 7.16. The van der Waals surface area contributed by atoms with Crippen molar-refractivity contribution in [2.75, 3.05) is 32.9 Å². The fourth-order valence-corrected chi connectivity index (χ4v) is 3.69. The van der Waals surface area contributed by atoms with Crippen LogP contribution in [0.2, 0.25) is 0 Å². The zero-order chi connectivity index (χ0) is 10.6. The van der Waals surface area contributed by atoms with Crippen molar-refractivity contribution in [1.82, 2.24) is 9.80 Å². The van der Waals surface area contributed by atoms with Gasteiger partial charge in [0.25, 0.3) is 5.91 Å². The average molecular weight is 225 g/mol. The smallest absolute Gasteiger partial charge is 0.258 e. The van der Waals surface area contributed by atoms with Gasteiger partial charge in [-0.15, -0.1) is 0 Å². The molecule has 1 aliphatic carbocycles. The molecule has 1 saturated carbocycles. The van der Waals surface area contributed by atoms with Crippen LogP contribution < -0.4 is 0 Å². The molecular weight excluding hydrogens is 210 g/mol. The van der Waals surface area contributed by atoms with E-state index in [4.69, 9.17) is 0 Å². The minimum Gasteiger partial charge on any atom is -0.350 e. The first kappa shape index (κ1) is 9.66. The maximum atomic E-state index is 11.0. The van der Waals surface area contributed by atoms with Gasteiger partial charge in [-0.1, -0.05) is 11.8 Å². The Bertz CT molecular complexity index is 330. The molecule has 0 radical (unpaired) electrons. The van der Waals surface area contributed by atoms with Crippen LogP contribution in [0.4, 0.5) is 0 Å². The monoisotopic (exact) mass is 225 g/mol. The minimum absolute atomic E-state index is 0.0275. The van der Waals surface area contributed by atoms with E-state index in [1.54, 1.807) is 11.8 Å². The first-order valence-electron chi connectivity index (χ1n) is 5.32. The molecule has 2 heterocycles. The second kappa shape index (κ2) is 3.22. The molecule has 3 aliphatic rings. The number of thioether (sulfide) groups is 1. The number of carbonyl (C=O) groups excluding carboxylic acids is 1. The van der Waals surface area contributed by atoms with Gasteiger partial charge >= 0.3 is 0 Å². The van der Waals surface area contributed by atoms with Gasteiger partial charge in [-0.3, -0.25) is 4.79 Å². The fraction of sp³-hybridized carbons (Fsp3) is 0.800. The van der Waals surface area contributed by atoms with Crippen molar-refractivity contribution in [3.05, 3.63) is 0 Å². The molecule has 1 saturated heterocycles. The van der Waals surface area contributed by atoms with Crippen LogP contribution in [-0.2, 0) is 4.79 Å². The minimum atomic E-state index is 0.0275. The lowest BCUT2D eigenvalue weighted by molar-refractivity contribution is -0.115. The number of nitrogens with zero attached hydrogens (tertiary/aromatic N) is 3. The van der Waals surface area contributed by atoms with E-state index in [-0.39, 0.29) is 5.91 Å². The number of aliphatic imine (C=N–C) groups is 1. The van der Waals surface area contributed by atoms with E-state index in [0.29, 0.717) is 5.75 Å². The maximum Gasteiger partial charge on any atom is 0.258 e. The highest BCUT2D eigenvalue weighted by Crippen LogP contribution is 2.48. The van der Waals surface area contributed by atoms with E-state index in [1.807, 2.05) is 0 Å². The van der Waals surface area contributed by atoms with Crippen LogP contribution in [0.25, 0.3) is 0 Å². The zero-order valence-corrected chi connectivity index (χ0v) is 9.83. The second-order valence-corrected chi connectivity index (χ2v) is 5.71. The number of piperidine rings is 1. The van der Waals surface area contributed by atoms with E-state index in [9.17, 15) is 4.79 Å². The third-order valence-corrected chi connectivity index (χ3v) is 4.56. The van der Waals surface area contributed by atoms with Crippen molar-refractivity contribution in [2.45, 2.75) is 6.04 Å².